The van der Waals surface area contributed by atoms with Gasteiger partial charge in [0.2, 0.25) is 0 Å². The maximum absolute atomic E-state index is 5.52. The Morgan fingerprint density at radius 3 is 2.67 bits per heavy atom. The number of halogens is 1. The smallest absolute Gasteiger partial charge is 0.402 e. The molecule has 0 fully saturated rings. The molecule has 0 bridgehead atoms. The first kappa shape index (κ1) is 21.7. The van der Waals surface area contributed by atoms with Crippen molar-refractivity contribution in [3.8, 4) is 17.4 Å². The van der Waals surface area contributed by atoms with E-state index < -0.39 is 0 Å². The summed E-state index contributed by atoms with van der Waals surface area (Å²) in [5.41, 5.74) is 4.20. The Labute approximate surface area is 174 Å². The topological polar surface area (TPSA) is 51.0 Å². The van der Waals surface area contributed by atoms with E-state index in [2.05, 4.69) is 23.4 Å². The lowest BCUT2D eigenvalue weighted by molar-refractivity contribution is -0.610. The van der Waals surface area contributed by atoms with Gasteiger partial charge >= 0.3 is 5.95 Å². The summed E-state index contributed by atoms with van der Waals surface area (Å²) in [6.45, 7) is 4.30. The van der Waals surface area contributed by atoms with Gasteiger partial charge in [0.25, 0.3) is 0 Å². The van der Waals surface area contributed by atoms with Gasteiger partial charge in [-0.25, -0.2) is 9.55 Å². The van der Waals surface area contributed by atoms with Crippen LogP contribution < -0.4 is 26.4 Å². The Morgan fingerprint density at radius 1 is 1.15 bits per heavy atom. The Bertz CT molecular complexity index is 902. The van der Waals surface area contributed by atoms with Crippen LogP contribution in [0.2, 0.25) is 0 Å². The molecule has 146 valence electrons. The molecule has 0 radical (unpaired) electrons. The molecule has 0 unspecified atom stereocenters. The van der Waals surface area contributed by atoms with Gasteiger partial charge in [-0.05, 0) is 25.5 Å². The minimum atomic E-state index is 0. The number of methoxy groups -OCH3 is 2. The van der Waals surface area contributed by atoms with Crippen molar-refractivity contribution in [2.24, 2.45) is 0 Å². The molecule has 0 aliphatic rings. The van der Waals surface area contributed by atoms with E-state index >= 15 is 0 Å². The van der Waals surface area contributed by atoms with Gasteiger partial charge in [0, 0.05) is 23.4 Å². The molecule has 0 aliphatic carbocycles. The van der Waals surface area contributed by atoms with Crippen LogP contribution in [-0.4, -0.2) is 29.9 Å². The molecule has 0 atom stereocenters. The average molecular weight is 426 g/mol. The number of nitrogens with one attached hydrogen (secondary N) is 1. The summed E-state index contributed by atoms with van der Waals surface area (Å²) in [7, 11) is 7.14. The first-order valence-electron chi connectivity index (χ1n) is 8.54. The van der Waals surface area contributed by atoms with E-state index in [1.54, 1.807) is 14.2 Å². The molecule has 0 aliphatic heterocycles. The molecule has 2 aromatic heterocycles. The van der Waals surface area contributed by atoms with E-state index in [9.17, 15) is 0 Å². The summed E-state index contributed by atoms with van der Waals surface area (Å²) in [4.78, 5) is 8.17. The number of H-pyrrole nitrogens is 1. The highest BCUT2D eigenvalue weighted by molar-refractivity contribution is 8.76. The Morgan fingerprint density at radius 2 is 1.96 bits per heavy atom. The number of hydrogen-bond donors (Lipinski definition) is 1. The van der Waals surface area contributed by atoms with Gasteiger partial charge in [0.15, 0.2) is 5.52 Å². The summed E-state index contributed by atoms with van der Waals surface area (Å²) in [6.07, 6.45) is 3.20. The van der Waals surface area contributed by atoms with Gasteiger partial charge < -0.3 is 21.9 Å². The zero-order valence-corrected chi connectivity index (χ0v) is 18.3. The van der Waals surface area contributed by atoms with Crippen molar-refractivity contribution in [2.45, 2.75) is 26.0 Å². The van der Waals surface area contributed by atoms with Crippen LogP contribution in [0.25, 0.3) is 17.0 Å². The normalized spacial score (nSPS) is 10.7. The lowest BCUT2D eigenvalue weighted by Gasteiger charge is -2.12. The van der Waals surface area contributed by atoms with Crippen molar-refractivity contribution < 1.29 is 26.4 Å². The van der Waals surface area contributed by atoms with Crippen LogP contribution >= 0.6 is 21.6 Å². The molecule has 27 heavy (non-hydrogen) atoms. The number of rotatable bonds is 8. The van der Waals surface area contributed by atoms with Crippen molar-refractivity contribution in [1.29, 1.82) is 0 Å². The molecule has 0 saturated carbocycles. The second-order valence-corrected chi connectivity index (χ2v) is 8.44. The second kappa shape index (κ2) is 10.1. The molecule has 0 amide bonds. The summed E-state index contributed by atoms with van der Waals surface area (Å²) in [5, 5.41) is 0. The second-order valence-electron chi connectivity index (χ2n) is 5.85. The van der Waals surface area contributed by atoms with E-state index in [4.69, 9.17) is 14.5 Å². The molecule has 3 rings (SSSR count). The fraction of sp³-hybridized carbons (Fsp3) is 0.368. The van der Waals surface area contributed by atoms with E-state index in [1.807, 2.05) is 52.1 Å². The van der Waals surface area contributed by atoms with Crippen LogP contribution in [0.15, 0.2) is 30.5 Å². The number of aromatic amines is 1. The third-order valence-corrected chi connectivity index (χ3v) is 6.65. The molecule has 2 heterocycles. The predicted molar refractivity (Wildman–Crippen MR) is 110 cm³/mol. The van der Waals surface area contributed by atoms with E-state index in [1.165, 1.54) is 12.1 Å². The van der Waals surface area contributed by atoms with E-state index in [0.29, 0.717) is 0 Å². The third-order valence-electron chi connectivity index (χ3n) is 4.16. The van der Waals surface area contributed by atoms with Crippen LogP contribution in [-0.2, 0) is 5.75 Å². The molecular formula is C19H24ClN3O2S2. The highest BCUT2D eigenvalue weighted by Crippen LogP contribution is 2.29. The predicted octanol–water partition coefficient (Wildman–Crippen LogP) is 1.46. The van der Waals surface area contributed by atoms with Crippen molar-refractivity contribution in [3.05, 3.63) is 41.7 Å². The zero-order chi connectivity index (χ0) is 18.5. The van der Waals surface area contributed by atoms with Crippen LogP contribution in [0.1, 0.15) is 24.6 Å². The summed E-state index contributed by atoms with van der Waals surface area (Å²) < 4.78 is 12.9. The zero-order valence-electron chi connectivity index (χ0n) is 15.9. The van der Waals surface area contributed by atoms with Crippen LogP contribution in [0, 0.1) is 6.92 Å². The molecule has 8 heteroatoms. The van der Waals surface area contributed by atoms with Gasteiger partial charge in [-0.2, -0.15) is 0 Å². The highest BCUT2D eigenvalue weighted by atomic mass is 35.5. The van der Waals surface area contributed by atoms with E-state index in [0.717, 1.165) is 45.5 Å². The van der Waals surface area contributed by atoms with Crippen molar-refractivity contribution in [2.75, 3.05) is 20.0 Å². The molecule has 0 spiro atoms. The number of hydrogen-bond acceptors (Lipinski definition) is 5. The lowest BCUT2D eigenvalue weighted by Crippen LogP contribution is -3.00. The first-order chi connectivity index (χ1) is 12.7. The Balaban J connectivity index is 0.00000261. The minimum absolute atomic E-state index is 0. The number of aromatic nitrogens is 3. The van der Waals surface area contributed by atoms with Gasteiger partial charge in [-0.15, -0.1) is 0 Å². The molecule has 0 saturated heterocycles. The number of ether oxygens (including phenoxy) is 2. The number of fused-ring (bicyclic) bond motifs is 1. The van der Waals surface area contributed by atoms with Crippen molar-refractivity contribution >= 4 is 32.6 Å². The monoisotopic (exact) mass is 425 g/mol. The number of imidazole rings is 1. The van der Waals surface area contributed by atoms with E-state index in [-0.39, 0.29) is 12.4 Å². The quantitative estimate of drug-likeness (QED) is 0.336. The van der Waals surface area contributed by atoms with Gasteiger partial charge in [0.05, 0.1) is 26.2 Å². The van der Waals surface area contributed by atoms with Gasteiger partial charge in [-0.1, -0.05) is 33.5 Å². The molecular weight excluding hydrogens is 402 g/mol. The third kappa shape index (κ3) is 4.83. The van der Waals surface area contributed by atoms with Crippen LogP contribution in [0.5, 0.6) is 11.5 Å². The summed E-state index contributed by atoms with van der Waals surface area (Å²) >= 11 is 0. The SMILES string of the molecule is CCCSSCc1c(C)c(OC)cc[n+]1-c1nc2cc(OC)ccc2[nH]1.[Cl-]. The fourth-order valence-corrected chi connectivity index (χ4v) is 5.00. The number of nitrogens with zero attached hydrogens (tertiary/aromatic N) is 2. The lowest BCUT2D eigenvalue weighted by atomic mass is 10.2. The van der Waals surface area contributed by atoms with Gasteiger partial charge in [-0.3, -0.25) is 0 Å². The highest BCUT2D eigenvalue weighted by Gasteiger charge is 2.21. The maximum Gasteiger partial charge on any atom is 0.402 e. The summed E-state index contributed by atoms with van der Waals surface area (Å²) in [6, 6.07) is 7.85. The fourth-order valence-electron chi connectivity index (χ4n) is 2.73. The van der Waals surface area contributed by atoms with Crippen molar-refractivity contribution in [1.82, 2.24) is 9.97 Å². The molecule has 1 aromatic carbocycles. The first-order valence-corrected chi connectivity index (χ1v) is 11.0. The standard InChI is InChI=1S/C19H24N3O2S2.ClH/c1-5-10-25-26-12-17-13(2)18(24-4)8-9-22(17)19-20-15-7-6-14(23-3)11-16(15)21-19;/h6-9,11H,5,10,12H2,1-4H3,(H,20,21);1H/q+1;/p-1. The van der Waals surface area contributed by atoms with Crippen molar-refractivity contribution in [3.63, 3.8) is 0 Å². The average Bonchev–Trinajstić information content (AvgIpc) is 3.08. The Hall–Kier alpha value is -1.57. The minimum Gasteiger partial charge on any atom is -1.00 e. The molecule has 5 nitrogen and oxygen atoms in total. The number of pyridine rings is 1. The van der Waals surface area contributed by atoms with Gasteiger partial charge in [0.1, 0.15) is 22.7 Å². The summed E-state index contributed by atoms with van der Waals surface area (Å²) in [5.74, 6) is 4.54. The van der Waals surface area contributed by atoms with Crippen LogP contribution in [0.3, 0.4) is 0 Å². The molecule has 3 aromatic rings. The largest absolute Gasteiger partial charge is 1.00 e. The number of benzene rings is 1. The van der Waals surface area contributed by atoms with Crippen LogP contribution in [0.4, 0.5) is 0 Å². The maximum atomic E-state index is 5.52. The molecule has 1 N–H and O–H groups in total. The Kier molecular flexibility index (Phi) is 8.13.